The van der Waals surface area contributed by atoms with E-state index in [0.29, 0.717) is 11.9 Å². The standard InChI is InChI=1S/C12H15BrClN5S/c1-3-4-15-11-16-10(14)17-12(18-11)19(2)6-8-5-9(13)20-7-8/h5,7H,3-4,6H2,1-2H3,(H,15,16,17,18). The van der Waals surface area contributed by atoms with Crippen molar-refractivity contribution in [3.05, 3.63) is 26.1 Å². The smallest absolute Gasteiger partial charge is 0.231 e. The van der Waals surface area contributed by atoms with Gasteiger partial charge < -0.3 is 10.2 Å². The lowest BCUT2D eigenvalue weighted by atomic mass is 10.3. The molecule has 0 unspecified atom stereocenters. The molecule has 2 heterocycles. The molecule has 8 heteroatoms. The van der Waals surface area contributed by atoms with Gasteiger partial charge in [0.25, 0.3) is 0 Å². The summed E-state index contributed by atoms with van der Waals surface area (Å²) in [6.07, 6.45) is 0.997. The average Bonchev–Trinajstić information content (AvgIpc) is 2.81. The Bertz CT molecular complexity index is 577. The van der Waals surface area contributed by atoms with E-state index in [0.717, 1.165) is 23.3 Å². The third-order valence-corrected chi connectivity index (χ3v) is 4.23. The molecule has 0 aromatic carbocycles. The van der Waals surface area contributed by atoms with Gasteiger partial charge in [-0.25, -0.2) is 0 Å². The molecule has 0 spiro atoms. The Morgan fingerprint density at radius 3 is 2.85 bits per heavy atom. The Morgan fingerprint density at radius 1 is 1.40 bits per heavy atom. The maximum absolute atomic E-state index is 5.95. The highest BCUT2D eigenvalue weighted by molar-refractivity contribution is 9.11. The Hall–Kier alpha value is -0.920. The van der Waals surface area contributed by atoms with Crippen molar-refractivity contribution in [2.45, 2.75) is 19.9 Å². The van der Waals surface area contributed by atoms with E-state index in [1.807, 2.05) is 11.9 Å². The quantitative estimate of drug-likeness (QED) is 0.831. The fraction of sp³-hybridized carbons (Fsp3) is 0.417. The summed E-state index contributed by atoms with van der Waals surface area (Å²) in [5, 5.41) is 5.42. The third kappa shape index (κ3) is 4.29. The first kappa shape index (κ1) is 15.5. The second-order valence-corrected chi connectivity index (χ2v) is 6.90. The molecule has 20 heavy (non-hydrogen) atoms. The SMILES string of the molecule is CCCNc1nc(Cl)nc(N(C)Cc2csc(Br)c2)n1. The van der Waals surface area contributed by atoms with Gasteiger partial charge in [-0.3, -0.25) is 0 Å². The predicted molar refractivity (Wildman–Crippen MR) is 87.7 cm³/mol. The van der Waals surface area contributed by atoms with Crippen LogP contribution < -0.4 is 10.2 Å². The molecule has 0 fully saturated rings. The molecule has 2 rings (SSSR count). The molecule has 0 aliphatic heterocycles. The normalized spacial score (nSPS) is 10.6. The second-order valence-electron chi connectivity index (χ2n) is 4.27. The maximum atomic E-state index is 5.95. The van der Waals surface area contributed by atoms with Crippen LogP contribution in [0.25, 0.3) is 0 Å². The van der Waals surface area contributed by atoms with Crippen LogP contribution in [-0.2, 0) is 6.54 Å². The lowest BCUT2D eigenvalue weighted by Gasteiger charge is -2.17. The number of halogens is 2. The van der Waals surface area contributed by atoms with Gasteiger partial charge in [-0.2, -0.15) is 15.0 Å². The summed E-state index contributed by atoms with van der Waals surface area (Å²) >= 11 is 11.1. The molecule has 0 saturated heterocycles. The molecule has 0 amide bonds. The number of aromatic nitrogens is 3. The first-order chi connectivity index (χ1) is 9.58. The van der Waals surface area contributed by atoms with E-state index in [1.54, 1.807) is 11.3 Å². The summed E-state index contributed by atoms with van der Waals surface area (Å²) in [4.78, 5) is 14.5. The average molecular weight is 377 g/mol. The van der Waals surface area contributed by atoms with Crippen molar-refractivity contribution in [3.63, 3.8) is 0 Å². The molecule has 0 radical (unpaired) electrons. The molecule has 2 aromatic rings. The maximum Gasteiger partial charge on any atom is 0.231 e. The zero-order chi connectivity index (χ0) is 14.5. The van der Waals surface area contributed by atoms with Crippen molar-refractivity contribution in [3.8, 4) is 0 Å². The van der Waals surface area contributed by atoms with E-state index in [4.69, 9.17) is 11.6 Å². The predicted octanol–water partition coefficient (Wildman–Crippen LogP) is 3.81. The lowest BCUT2D eigenvalue weighted by Crippen LogP contribution is -2.20. The molecule has 2 aromatic heterocycles. The summed E-state index contributed by atoms with van der Waals surface area (Å²) < 4.78 is 1.11. The number of rotatable bonds is 6. The summed E-state index contributed by atoms with van der Waals surface area (Å²) in [6, 6.07) is 2.08. The van der Waals surface area contributed by atoms with Crippen molar-refractivity contribution in [2.24, 2.45) is 0 Å². The Morgan fingerprint density at radius 2 is 2.20 bits per heavy atom. The highest BCUT2D eigenvalue weighted by Gasteiger charge is 2.10. The minimum absolute atomic E-state index is 0.201. The van der Waals surface area contributed by atoms with Gasteiger partial charge in [-0.1, -0.05) is 6.92 Å². The van der Waals surface area contributed by atoms with Crippen molar-refractivity contribution >= 4 is 50.8 Å². The van der Waals surface area contributed by atoms with E-state index in [2.05, 4.69) is 54.6 Å². The summed E-state index contributed by atoms with van der Waals surface area (Å²) in [7, 11) is 1.93. The fourth-order valence-electron chi connectivity index (χ4n) is 1.60. The van der Waals surface area contributed by atoms with E-state index in [-0.39, 0.29) is 5.28 Å². The van der Waals surface area contributed by atoms with Gasteiger partial charge in [0.15, 0.2) is 0 Å². The highest BCUT2D eigenvalue weighted by Crippen LogP contribution is 2.22. The van der Waals surface area contributed by atoms with E-state index in [9.17, 15) is 0 Å². The van der Waals surface area contributed by atoms with Gasteiger partial charge in [0.2, 0.25) is 17.2 Å². The van der Waals surface area contributed by atoms with Gasteiger partial charge in [0.1, 0.15) is 0 Å². The van der Waals surface area contributed by atoms with Crippen LogP contribution >= 0.6 is 38.9 Å². The summed E-state index contributed by atoms with van der Waals surface area (Å²) in [5.41, 5.74) is 1.20. The molecule has 1 N–H and O–H groups in total. The van der Waals surface area contributed by atoms with Gasteiger partial charge in [0.05, 0.1) is 3.79 Å². The van der Waals surface area contributed by atoms with Crippen LogP contribution in [0.4, 0.5) is 11.9 Å². The van der Waals surface area contributed by atoms with E-state index in [1.165, 1.54) is 5.56 Å². The lowest BCUT2D eigenvalue weighted by molar-refractivity contribution is 0.849. The number of thiophene rings is 1. The molecule has 108 valence electrons. The van der Waals surface area contributed by atoms with Crippen molar-refractivity contribution in [1.82, 2.24) is 15.0 Å². The first-order valence-corrected chi connectivity index (χ1v) is 8.23. The summed E-state index contributed by atoms with van der Waals surface area (Å²) in [5.74, 6) is 1.08. The van der Waals surface area contributed by atoms with Gasteiger partial charge in [-0.15, -0.1) is 11.3 Å². The molecule has 5 nitrogen and oxygen atoms in total. The largest absolute Gasteiger partial charge is 0.354 e. The number of nitrogens with zero attached hydrogens (tertiary/aromatic N) is 4. The van der Waals surface area contributed by atoms with Crippen LogP contribution in [0.2, 0.25) is 5.28 Å². The topological polar surface area (TPSA) is 53.9 Å². The number of nitrogens with one attached hydrogen (secondary N) is 1. The van der Waals surface area contributed by atoms with Crippen molar-refractivity contribution < 1.29 is 0 Å². The Kier molecular flexibility index (Phi) is 5.56. The number of anilines is 2. The monoisotopic (exact) mass is 375 g/mol. The molecule has 0 saturated carbocycles. The first-order valence-electron chi connectivity index (χ1n) is 6.18. The molecule has 0 atom stereocenters. The van der Waals surface area contributed by atoms with Crippen LogP contribution in [0, 0.1) is 0 Å². The molecular formula is C12H15BrClN5S. The van der Waals surface area contributed by atoms with Crippen LogP contribution in [0.5, 0.6) is 0 Å². The third-order valence-electron chi connectivity index (χ3n) is 2.51. The van der Waals surface area contributed by atoms with Crippen LogP contribution in [0.3, 0.4) is 0 Å². The fourth-order valence-corrected chi connectivity index (χ4v) is 2.96. The minimum Gasteiger partial charge on any atom is -0.354 e. The number of hydrogen-bond acceptors (Lipinski definition) is 6. The Labute approximate surface area is 135 Å². The van der Waals surface area contributed by atoms with Crippen LogP contribution in [-0.4, -0.2) is 28.5 Å². The van der Waals surface area contributed by atoms with Crippen molar-refractivity contribution in [2.75, 3.05) is 23.8 Å². The second kappa shape index (κ2) is 7.19. The van der Waals surface area contributed by atoms with Gasteiger partial charge in [-0.05, 0) is 51.0 Å². The van der Waals surface area contributed by atoms with Crippen LogP contribution in [0.1, 0.15) is 18.9 Å². The molecular weight excluding hydrogens is 362 g/mol. The van der Waals surface area contributed by atoms with E-state index >= 15 is 0 Å². The molecule has 0 aliphatic rings. The zero-order valence-corrected chi connectivity index (χ0v) is 14.4. The Balaban J connectivity index is 2.12. The van der Waals surface area contributed by atoms with Crippen molar-refractivity contribution in [1.29, 1.82) is 0 Å². The summed E-state index contributed by atoms with van der Waals surface area (Å²) in [6.45, 7) is 3.61. The van der Waals surface area contributed by atoms with Crippen LogP contribution in [0.15, 0.2) is 15.2 Å². The van der Waals surface area contributed by atoms with Gasteiger partial charge in [0, 0.05) is 20.1 Å². The molecule has 0 bridgehead atoms. The van der Waals surface area contributed by atoms with E-state index < -0.39 is 0 Å². The highest BCUT2D eigenvalue weighted by atomic mass is 79.9. The zero-order valence-electron chi connectivity index (χ0n) is 11.2. The molecule has 0 aliphatic carbocycles. The number of hydrogen-bond donors (Lipinski definition) is 1. The minimum atomic E-state index is 0.201. The van der Waals surface area contributed by atoms with Gasteiger partial charge >= 0.3 is 0 Å².